The number of aryl methyl sites for hydroxylation is 2. The molecule has 0 fully saturated rings. The highest BCUT2D eigenvalue weighted by Crippen LogP contribution is 2.24. The molecule has 1 aromatic heterocycles. The fourth-order valence-corrected chi connectivity index (χ4v) is 1.91. The van der Waals surface area contributed by atoms with E-state index >= 15 is 0 Å². The quantitative estimate of drug-likeness (QED) is 0.850. The number of hydrogen-bond acceptors (Lipinski definition) is 2. The average Bonchev–Trinajstić information content (AvgIpc) is 2.67. The van der Waals surface area contributed by atoms with Crippen LogP contribution in [-0.4, -0.2) is 16.8 Å². The molecule has 1 heterocycles. The van der Waals surface area contributed by atoms with Crippen molar-refractivity contribution < 1.29 is 0 Å². The molecule has 16 heavy (non-hydrogen) atoms. The molecule has 2 aromatic rings. The van der Waals surface area contributed by atoms with Gasteiger partial charge in [-0.1, -0.05) is 17.7 Å². The first-order valence-corrected chi connectivity index (χ1v) is 5.45. The van der Waals surface area contributed by atoms with Crippen LogP contribution in [0.15, 0.2) is 30.5 Å². The zero-order valence-electron chi connectivity index (χ0n) is 9.99. The summed E-state index contributed by atoms with van der Waals surface area (Å²) in [5, 5.41) is 7.42. The van der Waals surface area contributed by atoms with Gasteiger partial charge in [-0.2, -0.15) is 5.10 Å². The Balaban J connectivity index is 2.53. The minimum absolute atomic E-state index is 0.876. The number of hydrogen-bond donors (Lipinski definition) is 1. The van der Waals surface area contributed by atoms with Crippen LogP contribution in [0.1, 0.15) is 11.1 Å². The molecule has 0 aliphatic carbocycles. The van der Waals surface area contributed by atoms with Gasteiger partial charge in [0, 0.05) is 25.4 Å². The van der Waals surface area contributed by atoms with E-state index in [1.54, 1.807) is 0 Å². The highest BCUT2D eigenvalue weighted by atomic mass is 15.3. The van der Waals surface area contributed by atoms with Gasteiger partial charge in [0.2, 0.25) is 0 Å². The molecule has 0 saturated heterocycles. The second-order valence-electron chi connectivity index (χ2n) is 4.03. The molecule has 0 aliphatic heterocycles. The molecule has 0 saturated carbocycles. The van der Waals surface area contributed by atoms with E-state index < -0.39 is 0 Å². The standard InChI is InChI=1S/C13H17N3/c1-10-4-5-11(9-14-2)12(8-10)13-6-7-15-16(13)3/h4-8,14H,9H2,1-3H3. The monoisotopic (exact) mass is 215 g/mol. The fourth-order valence-electron chi connectivity index (χ4n) is 1.91. The molecular formula is C13H17N3. The number of nitrogens with one attached hydrogen (secondary N) is 1. The van der Waals surface area contributed by atoms with Gasteiger partial charge in [-0.15, -0.1) is 0 Å². The van der Waals surface area contributed by atoms with Crippen molar-refractivity contribution in [3.63, 3.8) is 0 Å². The molecule has 0 spiro atoms. The Kier molecular flexibility index (Phi) is 3.06. The molecule has 3 heteroatoms. The number of nitrogens with zero attached hydrogens (tertiary/aromatic N) is 2. The second kappa shape index (κ2) is 4.49. The van der Waals surface area contributed by atoms with Gasteiger partial charge in [-0.05, 0) is 31.7 Å². The summed E-state index contributed by atoms with van der Waals surface area (Å²) in [6.45, 7) is 2.99. The summed E-state index contributed by atoms with van der Waals surface area (Å²) in [6, 6.07) is 8.58. The Morgan fingerprint density at radius 3 is 2.75 bits per heavy atom. The SMILES string of the molecule is CNCc1ccc(C)cc1-c1ccnn1C. The first-order chi connectivity index (χ1) is 7.72. The van der Waals surface area contributed by atoms with Crippen LogP contribution in [0.3, 0.4) is 0 Å². The summed E-state index contributed by atoms with van der Waals surface area (Å²) < 4.78 is 1.91. The number of benzene rings is 1. The third kappa shape index (κ3) is 1.99. The van der Waals surface area contributed by atoms with E-state index in [1.165, 1.54) is 16.7 Å². The predicted octanol–water partition coefficient (Wildman–Crippen LogP) is 2.11. The van der Waals surface area contributed by atoms with Crippen LogP contribution < -0.4 is 5.32 Å². The van der Waals surface area contributed by atoms with Crippen molar-refractivity contribution in [1.29, 1.82) is 0 Å². The lowest BCUT2D eigenvalue weighted by Gasteiger charge is -2.10. The van der Waals surface area contributed by atoms with Crippen molar-refractivity contribution in [1.82, 2.24) is 15.1 Å². The Hall–Kier alpha value is -1.61. The molecule has 1 N–H and O–H groups in total. The largest absolute Gasteiger partial charge is 0.316 e. The molecule has 0 radical (unpaired) electrons. The molecule has 0 bridgehead atoms. The van der Waals surface area contributed by atoms with Gasteiger partial charge in [0.15, 0.2) is 0 Å². The molecule has 0 unspecified atom stereocenters. The maximum absolute atomic E-state index is 4.22. The smallest absolute Gasteiger partial charge is 0.0682 e. The summed E-state index contributed by atoms with van der Waals surface area (Å²) in [6.07, 6.45) is 1.83. The van der Waals surface area contributed by atoms with Crippen molar-refractivity contribution >= 4 is 0 Å². The van der Waals surface area contributed by atoms with Crippen LogP contribution >= 0.6 is 0 Å². The second-order valence-corrected chi connectivity index (χ2v) is 4.03. The Labute approximate surface area is 96.1 Å². The van der Waals surface area contributed by atoms with E-state index in [2.05, 4.69) is 35.5 Å². The summed E-state index contributed by atoms with van der Waals surface area (Å²) in [5.41, 5.74) is 5.00. The first kappa shape index (κ1) is 10.9. The third-order valence-electron chi connectivity index (χ3n) is 2.73. The predicted molar refractivity (Wildman–Crippen MR) is 66.1 cm³/mol. The lowest BCUT2D eigenvalue weighted by Crippen LogP contribution is -2.07. The van der Waals surface area contributed by atoms with E-state index in [0.717, 1.165) is 12.2 Å². The Morgan fingerprint density at radius 1 is 1.31 bits per heavy atom. The van der Waals surface area contributed by atoms with Crippen molar-refractivity contribution in [3.05, 3.63) is 41.6 Å². The van der Waals surface area contributed by atoms with Gasteiger partial charge < -0.3 is 5.32 Å². The Bertz CT molecular complexity index is 486. The minimum Gasteiger partial charge on any atom is -0.316 e. The van der Waals surface area contributed by atoms with Gasteiger partial charge in [0.25, 0.3) is 0 Å². The van der Waals surface area contributed by atoms with E-state index in [-0.39, 0.29) is 0 Å². The number of aromatic nitrogens is 2. The fraction of sp³-hybridized carbons (Fsp3) is 0.308. The maximum atomic E-state index is 4.22. The third-order valence-corrected chi connectivity index (χ3v) is 2.73. The number of rotatable bonds is 3. The van der Waals surface area contributed by atoms with Gasteiger partial charge >= 0.3 is 0 Å². The maximum Gasteiger partial charge on any atom is 0.0682 e. The van der Waals surface area contributed by atoms with Crippen LogP contribution in [0, 0.1) is 6.92 Å². The first-order valence-electron chi connectivity index (χ1n) is 5.45. The van der Waals surface area contributed by atoms with Crippen LogP contribution in [-0.2, 0) is 13.6 Å². The topological polar surface area (TPSA) is 29.9 Å². The molecule has 2 rings (SSSR count). The molecule has 0 atom stereocenters. The normalized spacial score (nSPS) is 10.7. The Morgan fingerprint density at radius 2 is 2.12 bits per heavy atom. The molecule has 84 valence electrons. The van der Waals surface area contributed by atoms with E-state index in [1.807, 2.05) is 31.0 Å². The highest BCUT2D eigenvalue weighted by molar-refractivity contribution is 5.64. The minimum atomic E-state index is 0.876. The molecule has 1 aromatic carbocycles. The van der Waals surface area contributed by atoms with Crippen LogP contribution in [0.25, 0.3) is 11.3 Å². The lowest BCUT2D eigenvalue weighted by molar-refractivity contribution is 0.770. The van der Waals surface area contributed by atoms with E-state index in [0.29, 0.717) is 0 Å². The lowest BCUT2D eigenvalue weighted by atomic mass is 10.0. The van der Waals surface area contributed by atoms with Gasteiger partial charge in [-0.25, -0.2) is 0 Å². The van der Waals surface area contributed by atoms with Gasteiger partial charge in [0.05, 0.1) is 5.69 Å². The zero-order valence-corrected chi connectivity index (χ0v) is 9.99. The summed E-state index contributed by atoms with van der Waals surface area (Å²) in [5.74, 6) is 0. The summed E-state index contributed by atoms with van der Waals surface area (Å²) in [7, 11) is 3.94. The zero-order chi connectivity index (χ0) is 11.5. The van der Waals surface area contributed by atoms with Crippen molar-refractivity contribution in [2.75, 3.05) is 7.05 Å². The van der Waals surface area contributed by atoms with Gasteiger partial charge in [0.1, 0.15) is 0 Å². The van der Waals surface area contributed by atoms with Crippen molar-refractivity contribution in [2.45, 2.75) is 13.5 Å². The molecule has 0 amide bonds. The van der Waals surface area contributed by atoms with E-state index in [4.69, 9.17) is 0 Å². The van der Waals surface area contributed by atoms with E-state index in [9.17, 15) is 0 Å². The van der Waals surface area contributed by atoms with Crippen molar-refractivity contribution in [3.8, 4) is 11.3 Å². The van der Waals surface area contributed by atoms with Crippen LogP contribution in [0.2, 0.25) is 0 Å². The van der Waals surface area contributed by atoms with Gasteiger partial charge in [-0.3, -0.25) is 4.68 Å². The van der Waals surface area contributed by atoms with Crippen LogP contribution in [0.5, 0.6) is 0 Å². The molecular weight excluding hydrogens is 198 g/mol. The summed E-state index contributed by atoms with van der Waals surface area (Å²) in [4.78, 5) is 0. The molecule has 3 nitrogen and oxygen atoms in total. The van der Waals surface area contributed by atoms with Crippen LogP contribution in [0.4, 0.5) is 0 Å². The summed E-state index contributed by atoms with van der Waals surface area (Å²) >= 11 is 0. The molecule has 0 aliphatic rings. The average molecular weight is 215 g/mol. The highest BCUT2D eigenvalue weighted by Gasteiger charge is 2.08. The van der Waals surface area contributed by atoms with Crippen molar-refractivity contribution in [2.24, 2.45) is 7.05 Å².